The third-order valence-corrected chi connectivity index (χ3v) is 5.97. The topological polar surface area (TPSA) is 88.8 Å². The quantitative estimate of drug-likeness (QED) is 0.668. The number of aromatic hydroxyl groups is 1. The standard InChI is InChI=1S/C19H27N3O.C3H8O2/c1-19(9-3-2-4-10-19)22-11-7-16(8-12-22)21-17-13-15(14-20)5-6-18(17)23;1-5-3-2-4/h5-6,13,16,21,23H,2-4,7-12H2,1H3;4H,2-3H2,1H3. The van der Waals surface area contributed by atoms with Gasteiger partial charge in [-0.25, -0.2) is 0 Å². The number of nitrogens with one attached hydrogen (secondary N) is 1. The number of phenols is 1. The molecule has 0 aromatic heterocycles. The number of nitrogens with zero attached hydrogens (tertiary/aromatic N) is 2. The van der Waals surface area contributed by atoms with Crippen LogP contribution in [-0.4, -0.2) is 60.1 Å². The highest BCUT2D eigenvalue weighted by Crippen LogP contribution is 2.35. The minimum absolute atomic E-state index is 0.122. The van der Waals surface area contributed by atoms with Gasteiger partial charge in [0.2, 0.25) is 0 Å². The van der Waals surface area contributed by atoms with Gasteiger partial charge in [-0.1, -0.05) is 19.3 Å². The molecule has 0 spiro atoms. The van der Waals surface area contributed by atoms with Crippen LogP contribution in [0.25, 0.3) is 0 Å². The van der Waals surface area contributed by atoms with Crippen LogP contribution in [-0.2, 0) is 4.74 Å². The number of aliphatic hydroxyl groups excluding tert-OH is 1. The van der Waals surface area contributed by atoms with Crippen LogP contribution in [0.2, 0.25) is 0 Å². The molecule has 1 aliphatic carbocycles. The summed E-state index contributed by atoms with van der Waals surface area (Å²) >= 11 is 0. The number of aliphatic hydroxyl groups is 1. The van der Waals surface area contributed by atoms with Gasteiger partial charge in [0.25, 0.3) is 0 Å². The lowest BCUT2D eigenvalue weighted by atomic mass is 9.80. The first-order valence-electron chi connectivity index (χ1n) is 10.4. The van der Waals surface area contributed by atoms with Crippen LogP contribution in [0.4, 0.5) is 5.69 Å². The number of hydrogen-bond donors (Lipinski definition) is 3. The molecular weight excluding hydrogens is 354 g/mol. The van der Waals surface area contributed by atoms with E-state index in [2.05, 4.69) is 27.9 Å². The van der Waals surface area contributed by atoms with Crippen LogP contribution in [0.3, 0.4) is 0 Å². The van der Waals surface area contributed by atoms with Crippen molar-refractivity contribution in [2.45, 2.75) is 63.5 Å². The van der Waals surface area contributed by atoms with Gasteiger partial charge in [0.1, 0.15) is 5.75 Å². The summed E-state index contributed by atoms with van der Waals surface area (Å²) in [6.45, 7) is 5.23. The van der Waals surface area contributed by atoms with E-state index >= 15 is 0 Å². The van der Waals surface area contributed by atoms with Crippen molar-refractivity contribution >= 4 is 5.69 Å². The van der Waals surface area contributed by atoms with Crippen LogP contribution in [0, 0.1) is 11.3 Å². The molecule has 0 bridgehead atoms. The minimum atomic E-state index is 0.122. The van der Waals surface area contributed by atoms with Crippen molar-refractivity contribution in [2.24, 2.45) is 0 Å². The summed E-state index contributed by atoms with van der Waals surface area (Å²) in [6, 6.07) is 7.48. The molecule has 28 heavy (non-hydrogen) atoms. The van der Waals surface area contributed by atoms with E-state index in [-0.39, 0.29) is 12.4 Å². The lowest BCUT2D eigenvalue weighted by Crippen LogP contribution is -2.52. The van der Waals surface area contributed by atoms with Gasteiger partial charge in [0.05, 0.1) is 30.5 Å². The SMILES string of the molecule is CC1(N2CCC(Nc3cc(C#N)ccc3O)CC2)CCCCC1.COCCO. The number of anilines is 1. The summed E-state index contributed by atoms with van der Waals surface area (Å²) in [4.78, 5) is 2.68. The second-order valence-electron chi connectivity index (χ2n) is 8.02. The Balaban J connectivity index is 0.000000500. The Hall–Kier alpha value is -1.81. The van der Waals surface area contributed by atoms with E-state index in [9.17, 15) is 5.11 Å². The fourth-order valence-electron chi connectivity index (χ4n) is 4.23. The van der Waals surface area contributed by atoms with Crippen LogP contribution < -0.4 is 5.32 Å². The second kappa shape index (κ2) is 11.3. The average molecular weight is 390 g/mol. The van der Waals surface area contributed by atoms with Crippen molar-refractivity contribution in [1.82, 2.24) is 4.90 Å². The summed E-state index contributed by atoms with van der Waals surface area (Å²) in [6.07, 6.45) is 8.96. The number of benzene rings is 1. The molecule has 1 aliphatic heterocycles. The third kappa shape index (κ3) is 6.37. The highest BCUT2D eigenvalue weighted by molar-refractivity contribution is 5.59. The number of nitriles is 1. The van der Waals surface area contributed by atoms with Crippen molar-refractivity contribution < 1.29 is 14.9 Å². The Kier molecular flexibility index (Phi) is 9.04. The van der Waals surface area contributed by atoms with Gasteiger partial charge in [-0.05, 0) is 50.8 Å². The summed E-state index contributed by atoms with van der Waals surface area (Å²) < 4.78 is 4.44. The number of methoxy groups -OCH3 is 1. The maximum absolute atomic E-state index is 9.98. The van der Waals surface area contributed by atoms with Crippen LogP contribution in [0.1, 0.15) is 57.4 Å². The maximum atomic E-state index is 9.98. The Morgan fingerprint density at radius 2 is 1.93 bits per heavy atom. The van der Waals surface area contributed by atoms with Gasteiger partial charge in [-0.2, -0.15) is 5.26 Å². The maximum Gasteiger partial charge on any atom is 0.138 e. The second-order valence-corrected chi connectivity index (χ2v) is 8.02. The molecule has 156 valence electrons. The zero-order valence-electron chi connectivity index (χ0n) is 17.3. The number of hydrogen-bond acceptors (Lipinski definition) is 6. The number of piperidine rings is 1. The van der Waals surface area contributed by atoms with E-state index < -0.39 is 0 Å². The van der Waals surface area contributed by atoms with E-state index in [0.717, 1.165) is 25.9 Å². The molecule has 1 aromatic rings. The molecule has 1 heterocycles. The summed E-state index contributed by atoms with van der Waals surface area (Å²) in [5.74, 6) is 0.227. The molecular formula is C22H35N3O3. The molecule has 6 nitrogen and oxygen atoms in total. The van der Waals surface area contributed by atoms with Gasteiger partial charge in [-0.3, -0.25) is 4.90 Å². The predicted molar refractivity (Wildman–Crippen MR) is 111 cm³/mol. The van der Waals surface area contributed by atoms with Crippen LogP contribution in [0.15, 0.2) is 18.2 Å². The van der Waals surface area contributed by atoms with E-state index in [1.54, 1.807) is 25.3 Å². The largest absolute Gasteiger partial charge is 0.506 e. The first kappa shape index (κ1) is 22.5. The normalized spacial score (nSPS) is 19.9. The highest BCUT2D eigenvalue weighted by Gasteiger charge is 2.35. The summed E-state index contributed by atoms with van der Waals surface area (Å²) in [5, 5.41) is 30.3. The monoisotopic (exact) mass is 389 g/mol. The molecule has 2 fully saturated rings. The van der Waals surface area contributed by atoms with Crippen molar-refractivity contribution in [2.75, 3.05) is 38.7 Å². The molecule has 2 aliphatic rings. The molecule has 1 aromatic carbocycles. The first-order chi connectivity index (χ1) is 13.5. The van der Waals surface area contributed by atoms with Crippen molar-refractivity contribution in [3.8, 4) is 11.8 Å². The number of likely N-dealkylation sites (tertiary alicyclic amines) is 1. The van der Waals surface area contributed by atoms with Crippen molar-refractivity contribution in [3.63, 3.8) is 0 Å². The Labute approximate surface area is 169 Å². The fourth-order valence-corrected chi connectivity index (χ4v) is 4.23. The number of phenolic OH excluding ortho intramolecular Hbond substituents is 1. The van der Waals surface area contributed by atoms with Crippen molar-refractivity contribution in [1.29, 1.82) is 5.26 Å². The summed E-state index contributed by atoms with van der Waals surface area (Å²) in [7, 11) is 1.55. The van der Waals surface area contributed by atoms with Crippen molar-refractivity contribution in [3.05, 3.63) is 23.8 Å². The summed E-state index contributed by atoms with van der Waals surface area (Å²) in [5.41, 5.74) is 1.66. The molecule has 6 heteroatoms. The zero-order valence-corrected chi connectivity index (χ0v) is 17.3. The average Bonchev–Trinajstić information content (AvgIpc) is 2.72. The molecule has 0 unspecified atom stereocenters. The Bertz CT molecular complexity index is 628. The lowest BCUT2D eigenvalue weighted by Gasteiger charge is -2.47. The fraction of sp³-hybridized carbons (Fsp3) is 0.682. The smallest absolute Gasteiger partial charge is 0.138 e. The van der Waals surface area contributed by atoms with Gasteiger partial charge in [0, 0.05) is 31.8 Å². The third-order valence-electron chi connectivity index (χ3n) is 5.97. The lowest BCUT2D eigenvalue weighted by molar-refractivity contribution is 0.0457. The predicted octanol–water partition coefficient (Wildman–Crippen LogP) is 3.49. The molecule has 1 saturated heterocycles. The van der Waals surface area contributed by atoms with E-state index in [1.165, 1.54) is 32.1 Å². The van der Waals surface area contributed by atoms with Gasteiger partial charge in [0.15, 0.2) is 0 Å². The van der Waals surface area contributed by atoms with Gasteiger partial charge < -0.3 is 20.3 Å². The Morgan fingerprint density at radius 1 is 1.25 bits per heavy atom. The molecule has 3 N–H and O–H groups in total. The van der Waals surface area contributed by atoms with E-state index in [1.807, 2.05) is 0 Å². The van der Waals surface area contributed by atoms with Gasteiger partial charge >= 0.3 is 0 Å². The van der Waals surface area contributed by atoms with Crippen LogP contribution >= 0.6 is 0 Å². The number of ether oxygens (including phenoxy) is 1. The van der Waals surface area contributed by atoms with E-state index in [4.69, 9.17) is 10.4 Å². The van der Waals surface area contributed by atoms with Crippen LogP contribution in [0.5, 0.6) is 5.75 Å². The molecule has 0 amide bonds. The highest BCUT2D eigenvalue weighted by atomic mass is 16.5. The van der Waals surface area contributed by atoms with Gasteiger partial charge in [-0.15, -0.1) is 0 Å². The molecule has 1 saturated carbocycles. The minimum Gasteiger partial charge on any atom is -0.506 e. The van der Waals surface area contributed by atoms with E-state index in [0.29, 0.717) is 29.4 Å². The first-order valence-corrected chi connectivity index (χ1v) is 10.4. The Morgan fingerprint density at radius 3 is 2.46 bits per heavy atom. The molecule has 0 radical (unpaired) electrons. The molecule has 3 rings (SSSR count). The molecule has 0 atom stereocenters. The zero-order chi connectivity index (χ0) is 20.4. The number of rotatable bonds is 5.